The molecule has 1 heterocycles. The van der Waals surface area contributed by atoms with Crippen LogP contribution in [0.2, 0.25) is 0 Å². The highest BCUT2D eigenvalue weighted by Crippen LogP contribution is 2.26. The molecule has 0 aliphatic heterocycles. The van der Waals surface area contributed by atoms with Crippen molar-refractivity contribution in [1.29, 1.82) is 5.26 Å². The molecule has 4 nitrogen and oxygen atoms in total. The minimum absolute atomic E-state index is 0.229. The van der Waals surface area contributed by atoms with Crippen LogP contribution >= 0.6 is 11.3 Å². The average Bonchev–Trinajstić information content (AvgIpc) is 2.89. The summed E-state index contributed by atoms with van der Waals surface area (Å²) in [7, 11) is -3.43. The highest BCUT2D eigenvalue weighted by Gasteiger charge is 2.18. The maximum atomic E-state index is 12.0. The van der Waals surface area contributed by atoms with E-state index >= 15 is 0 Å². The number of hydrogen-bond donors (Lipinski definition) is 1. The van der Waals surface area contributed by atoms with Gasteiger partial charge in [0.1, 0.15) is 15.2 Å². The summed E-state index contributed by atoms with van der Waals surface area (Å²) < 4.78 is 26.8. The Bertz CT molecular complexity index is 551. The molecular weight excluding hydrogens is 280 g/mol. The minimum atomic E-state index is -3.43. The maximum Gasteiger partial charge on any atom is 0.250 e. The first-order valence-electron chi connectivity index (χ1n) is 6.61. The summed E-state index contributed by atoms with van der Waals surface area (Å²) in [4.78, 5) is 0.424. The lowest BCUT2D eigenvalue weighted by molar-refractivity contribution is 0.340. The van der Waals surface area contributed by atoms with Crippen LogP contribution in [0.3, 0.4) is 0 Å². The number of nitrogens with one attached hydrogen (secondary N) is 1. The van der Waals surface area contributed by atoms with Crippen LogP contribution in [0.1, 0.15) is 43.4 Å². The lowest BCUT2D eigenvalue weighted by Crippen LogP contribution is -2.26. The zero-order chi connectivity index (χ0) is 13.7. The first-order chi connectivity index (χ1) is 9.12. The van der Waals surface area contributed by atoms with Crippen molar-refractivity contribution in [2.75, 3.05) is 6.54 Å². The van der Waals surface area contributed by atoms with Crippen LogP contribution in [-0.2, 0) is 10.0 Å². The number of nitriles is 1. The molecule has 1 N–H and O–H groups in total. The van der Waals surface area contributed by atoms with Crippen molar-refractivity contribution in [2.24, 2.45) is 5.92 Å². The standard InChI is InChI=1S/C13H18N2O2S2/c14-10-12-6-7-13(18-12)19(16,17)15-9-8-11-4-2-1-3-5-11/h6-7,11,15H,1-5,8-9H2. The van der Waals surface area contributed by atoms with Crippen LogP contribution in [-0.4, -0.2) is 15.0 Å². The van der Waals surface area contributed by atoms with E-state index in [0.717, 1.165) is 17.8 Å². The molecule has 0 spiro atoms. The van der Waals surface area contributed by atoms with Gasteiger partial charge in [-0.1, -0.05) is 32.1 Å². The molecule has 1 aliphatic carbocycles. The van der Waals surface area contributed by atoms with Crippen LogP contribution in [0.15, 0.2) is 16.3 Å². The summed E-state index contributed by atoms with van der Waals surface area (Å²) in [6, 6.07) is 4.99. The summed E-state index contributed by atoms with van der Waals surface area (Å²) in [6.45, 7) is 0.493. The Kier molecular flexibility index (Phi) is 4.97. The molecule has 0 saturated heterocycles. The predicted molar refractivity (Wildman–Crippen MR) is 75.4 cm³/mol. The van der Waals surface area contributed by atoms with Crippen molar-refractivity contribution in [3.8, 4) is 6.07 Å². The molecular formula is C13H18N2O2S2. The van der Waals surface area contributed by atoms with Gasteiger partial charge in [-0.15, -0.1) is 11.3 Å². The molecule has 104 valence electrons. The van der Waals surface area contributed by atoms with E-state index in [1.165, 1.54) is 38.2 Å². The van der Waals surface area contributed by atoms with E-state index < -0.39 is 10.0 Å². The molecule has 2 rings (SSSR count). The summed E-state index contributed by atoms with van der Waals surface area (Å²) >= 11 is 1.01. The number of hydrogen-bond acceptors (Lipinski definition) is 4. The number of rotatable bonds is 5. The van der Waals surface area contributed by atoms with E-state index in [-0.39, 0.29) is 4.21 Å². The van der Waals surface area contributed by atoms with E-state index in [9.17, 15) is 8.42 Å². The third-order valence-corrected chi connectivity index (χ3v) is 6.47. The molecule has 1 aromatic heterocycles. The van der Waals surface area contributed by atoms with Crippen LogP contribution in [0, 0.1) is 17.2 Å². The van der Waals surface area contributed by atoms with Crippen molar-refractivity contribution in [1.82, 2.24) is 4.72 Å². The second kappa shape index (κ2) is 6.51. The fourth-order valence-corrected chi connectivity index (χ4v) is 4.66. The fraction of sp³-hybridized carbons (Fsp3) is 0.615. The Balaban J connectivity index is 1.85. The summed E-state index contributed by atoms with van der Waals surface area (Å²) in [5.41, 5.74) is 0. The Morgan fingerprint density at radius 3 is 2.68 bits per heavy atom. The van der Waals surface area contributed by atoms with E-state index in [1.54, 1.807) is 6.07 Å². The van der Waals surface area contributed by atoms with E-state index in [4.69, 9.17) is 5.26 Å². The molecule has 0 atom stereocenters. The zero-order valence-corrected chi connectivity index (χ0v) is 12.4. The highest BCUT2D eigenvalue weighted by molar-refractivity contribution is 7.91. The third-order valence-electron chi connectivity index (χ3n) is 3.53. The normalized spacial score (nSPS) is 17.2. The molecule has 0 unspecified atom stereocenters. The topological polar surface area (TPSA) is 70.0 Å². The van der Waals surface area contributed by atoms with Crippen LogP contribution < -0.4 is 4.72 Å². The van der Waals surface area contributed by atoms with Gasteiger partial charge in [-0.25, -0.2) is 13.1 Å². The summed E-state index contributed by atoms with van der Waals surface area (Å²) in [5.74, 6) is 0.662. The molecule has 0 radical (unpaired) electrons. The van der Waals surface area contributed by atoms with Gasteiger partial charge in [0, 0.05) is 6.54 Å². The number of nitrogens with zero attached hydrogens (tertiary/aromatic N) is 1. The Labute approximate surface area is 118 Å². The lowest BCUT2D eigenvalue weighted by atomic mass is 9.87. The Morgan fingerprint density at radius 2 is 2.05 bits per heavy atom. The largest absolute Gasteiger partial charge is 0.250 e. The fourth-order valence-electron chi connectivity index (χ4n) is 2.47. The van der Waals surface area contributed by atoms with E-state index in [1.807, 2.05) is 6.07 Å². The minimum Gasteiger partial charge on any atom is -0.210 e. The van der Waals surface area contributed by atoms with Gasteiger partial charge in [0.05, 0.1) is 0 Å². The van der Waals surface area contributed by atoms with Crippen LogP contribution in [0.5, 0.6) is 0 Å². The predicted octanol–water partition coefficient (Wildman–Crippen LogP) is 2.87. The van der Waals surface area contributed by atoms with Crippen molar-refractivity contribution in [3.63, 3.8) is 0 Å². The second-order valence-corrected chi connectivity index (χ2v) is 8.00. The molecule has 1 aromatic rings. The third kappa shape index (κ3) is 4.03. The molecule has 1 saturated carbocycles. The van der Waals surface area contributed by atoms with E-state index in [0.29, 0.717) is 17.3 Å². The van der Waals surface area contributed by atoms with Gasteiger partial charge in [0.15, 0.2) is 0 Å². The van der Waals surface area contributed by atoms with Crippen molar-refractivity contribution in [3.05, 3.63) is 17.0 Å². The molecule has 0 bridgehead atoms. The summed E-state index contributed by atoms with van der Waals surface area (Å²) in [5, 5.41) is 8.71. The smallest absolute Gasteiger partial charge is 0.210 e. The lowest BCUT2D eigenvalue weighted by Gasteiger charge is -2.21. The van der Waals surface area contributed by atoms with Gasteiger partial charge < -0.3 is 0 Å². The molecule has 19 heavy (non-hydrogen) atoms. The number of sulfonamides is 1. The van der Waals surface area contributed by atoms with E-state index in [2.05, 4.69) is 4.72 Å². The quantitative estimate of drug-likeness (QED) is 0.908. The summed E-state index contributed by atoms with van der Waals surface area (Å²) in [6.07, 6.45) is 7.21. The van der Waals surface area contributed by atoms with Crippen molar-refractivity contribution in [2.45, 2.75) is 42.7 Å². The molecule has 0 aromatic carbocycles. The molecule has 1 aliphatic rings. The first kappa shape index (κ1) is 14.5. The van der Waals surface area contributed by atoms with Gasteiger partial charge in [-0.2, -0.15) is 5.26 Å². The van der Waals surface area contributed by atoms with Crippen molar-refractivity contribution < 1.29 is 8.42 Å². The maximum absolute atomic E-state index is 12.0. The van der Waals surface area contributed by atoms with Gasteiger partial charge in [0.2, 0.25) is 10.0 Å². The van der Waals surface area contributed by atoms with Gasteiger partial charge in [0.25, 0.3) is 0 Å². The van der Waals surface area contributed by atoms with Gasteiger partial charge in [-0.3, -0.25) is 0 Å². The molecule has 1 fully saturated rings. The average molecular weight is 298 g/mol. The van der Waals surface area contributed by atoms with Crippen LogP contribution in [0.4, 0.5) is 0 Å². The van der Waals surface area contributed by atoms with Gasteiger partial charge >= 0.3 is 0 Å². The first-order valence-corrected chi connectivity index (χ1v) is 8.91. The van der Waals surface area contributed by atoms with Crippen LogP contribution in [0.25, 0.3) is 0 Å². The highest BCUT2D eigenvalue weighted by atomic mass is 32.2. The van der Waals surface area contributed by atoms with Gasteiger partial charge in [-0.05, 0) is 24.5 Å². The monoisotopic (exact) mass is 298 g/mol. The zero-order valence-electron chi connectivity index (χ0n) is 10.8. The Morgan fingerprint density at radius 1 is 1.32 bits per heavy atom. The molecule has 0 amide bonds. The SMILES string of the molecule is N#Cc1ccc(S(=O)(=O)NCCC2CCCCC2)s1. The van der Waals surface area contributed by atoms with Crippen molar-refractivity contribution >= 4 is 21.4 Å². The number of thiophene rings is 1. The second-order valence-electron chi connectivity index (χ2n) is 4.92. The molecule has 6 heteroatoms. The Hall–Kier alpha value is -0.900.